The van der Waals surface area contributed by atoms with Gasteiger partial charge in [-0.25, -0.2) is 0 Å². The molecule has 1 atom stereocenters. The molecule has 21 heavy (non-hydrogen) atoms. The molecule has 116 valence electrons. The number of nitrogens with two attached hydrogens (primary N) is 1. The monoisotopic (exact) mass is 329 g/mol. The molecule has 3 N–H and O–H groups in total. The summed E-state index contributed by atoms with van der Waals surface area (Å²) in [6, 6.07) is 5.37. The maximum absolute atomic E-state index is 6.16. The Balaban J connectivity index is 1.75. The zero-order valence-electron chi connectivity index (χ0n) is 12.1. The Hall–Kier alpha value is -0.970. The van der Waals surface area contributed by atoms with Gasteiger partial charge >= 0.3 is 0 Å². The van der Waals surface area contributed by atoms with Crippen molar-refractivity contribution in [2.24, 2.45) is 16.6 Å². The molecule has 2 rings (SSSR count). The van der Waals surface area contributed by atoms with Crippen LogP contribution in [-0.2, 0) is 4.74 Å². The number of guanidine groups is 1. The number of hydrogen-bond donors (Lipinski definition) is 2. The average Bonchev–Trinajstić information content (AvgIpc) is 3.22. The van der Waals surface area contributed by atoms with Gasteiger partial charge in [-0.1, -0.05) is 29.3 Å². The SMILES string of the molecule is CC(NC(N)=NCCOCC1CC1)c1ccc(Cl)cc1Cl. The van der Waals surface area contributed by atoms with Crippen molar-refractivity contribution < 1.29 is 4.74 Å². The molecular weight excluding hydrogens is 309 g/mol. The highest BCUT2D eigenvalue weighted by molar-refractivity contribution is 6.35. The number of aliphatic imine (C=N–C) groups is 1. The van der Waals surface area contributed by atoms with Crippen LogP contribution in [-0.4, -0.2) is 25.7 Å². The Morgan fingerprint density at radius 1 is 1.48 bits per heavy atom. The van der Waals surface area contributed by atoms with Crippen molar-refractivity contribution in [3.8, 4) is 0 Å². The second kappa shape index (κ2) is 7.87. The fourth-order valence-corrected chi connectivity index (χ4v) is 2.54. The van der Waals surface area contributed by atoms with Gasteiger partial charge in [0.15, 0.2) is 5.96 Å². The second-order valence-corrected chi connectivity index (χ2v) is 6.16. The van der Waals surface area contributed by atoms with Crippen LogP contribution >= 0.6 is 23.2 Å². The lowest BCUT2D eigenvalue weighted by Crippen LogP contribution is -2.34. The molecule has 0 bridgehead atoms. The second-order valence-electron chi connectivity index (χ2n) is 5.32. The van der Waals surface area contributed by atoms with Gasteiger partial charge in [0.2, 0.25) is 0 Å². The van der Waals surface area contributed by atoms with Gasteiger partial charge in [0, 0.05) is 16.7 Å². The quantitative estimate of drug-likeness (QED) is 0.458. The van der Waals surface area contributed by atoms with Crippen LogP contribution in [0, 0.1) is 5.92 Å². The summed E-state index contributed by atoms with van der Waals surface area (Å²) >= 11 is 12.0. The molecule has 1 unspecified atom stereocenters. The number of benzene rings is 1. The van der Waals surface area contributed by atoms with Crippen molar-refractivity contribution in [2.75, 3.05) is 19.8 Å². The number of nitrogens with one attached hydrogen (secondary N) is 1. The first-order valence-corrected chi connectivity index (χ1v) is 7.91. The first kappa shape index (κ1) is 16.4. The molecular formula is C15H21Cl2N3O. The molecule has 1 aromatic rings. The van der Waals surface area contributed by atoms with Gasteiger partial charge < -0.3 is 15.8 Å². The van der Waals surface area contributed by atoms with Gasteiger partial charge in [0.1, 0.15) is 0 Å². The van der Waals surface area contributed by atoms with E-state index < -0.39 is 0 Å². The maximum atomic E-state index is 6.16. The fraction of sp³-hybridized carbons (Fsp3) is 0.533. The maximum Gasteiger partial charge on any atom is 0.189 e. The predicted molar refractivity (Wildman–Crippen MR) is 88.0 cm³/mol. The van der Waals surface area contributed by atoms with E-state index in [4.69, 9.17) is 33.7 Å². The van der Waals surface area contributed by atoms with Crippen LogP contribution in [0.4, 0.5) is 0 Å². The largest absolute Gasteiger partial charge is 0.379 e. The molecule has 4 nitrogen and oxygen atoms in total. The van der Waals surface area contributed by atoms with Crippen molar-refractivity contribution in [3.05, 3.63) is 33.8 Å². The molecule has 1 aromatic carbocycles. The van der Waals surface area contributed by atoms with Gasteiger partial charge in [-0.2, -0.15) is 0 Å². The van der Waals surface area contributed by atoms with E-state index in [1.54, 1.807) is 12.1 Å². The van der Waals surface area contributed by atoms with Gasteiger partial charge in [-0.3, -0.25) is 4.99 Å². The molecule has 6 heteroatoms. The number of nitrogens with zero attached hydrogens (tertiary/aromatic N) is 1. The molecule has 0 aliphatic heterocycles. The summed E-state index contributed by atoms with van der Waals surface area (Å²) in [5.74, 6) is 1.17. The lowest BCUT2D eigenvalue weighted by molar-refractivity contribution is 0.132. The highest BCUT2D eigenvalue weighted by Gasteiger charge is 2.20. The smallest absolute Gasteiger partial charge is 0.189 e. The minimum Gasteiger partial charge on any atom is -0.379 e. The Kier molecular flexibility index (Phi) is 6.15. The van der Waals surface area contributed by atoms with Crippen molar-refractivity contribution in [1.29, 1.82) is 0 Å². The zero-order chi connectivity index (χ0) is 15.2. The van der Waals surface area contributed by atoms with E-state index in [1.165, 1.54) is 12.8 Å². The first-order chi connectivity index (χ1) is 10.1. The fourth-order valence-electron chi connectivity index (χ4n) is 1.96. The minimum atomic E-state index is -0.0362. The Morgan fingerprint density at radius 2 is 2.24 bits per heavy atom. The van der Waals surface area contributed by atoms with Gasteiger partial charge in [-0.05, 0) is 43.4 Å². The van der Waals surface area contributed by atoms with Crippen molar-refractivity contribution in [1.82, 2.24) is 5.32 Å². The normalized spacial score (nSPS) is 16.8. The minimum absolute atomic E-state index is 0.0362. The summed E-state index contributed by atoms with van der Waals surface area (Å²) in [5, 5.41) is 4.34. The number of halogens is 2. The van der Waals surface area contributed by atoms with Gasteiger partial charge in [0.25, 0.3) is 0 Å². The van der Waals surface area contributed by atoms with E-state index in [1.807, 2.05) is 13.0 Å². The Labute approximate surface area is 135 Å². The molecule has 0 heterocycles. The molecule has 1 aliphatic rings. The van der Waals surface area contributed by atoms with Crippen LogP contribution in [0.3, 0.4) is 0 Å². The molecule has 1 aliphatic carbocycles. The number of rotatable bonds is 7. The molecule has 1 saturated carbocycles. The first-order valence-electron chi connectivity index (χ1n) is 7.15. The lowest BCUT2D eigenvalue weighted by Gasteiger charge is -2.16. The van der Waals surface area contributed by atoms with E-state index in [2.05, 4.69) is 10.3 Å². The van der Waals surface area contributed by atoms with Crippen LogP contribution in [0.15, 0.2) is 23.2 Å². The third-order valence-electron chi connectivity index (χ3n) is 3.36. The Morgan fingerprint density at radius 3 is 2.90 bits per heavy atom. The zero-order valence-corrected chi connectivity index (χ0v) is 13.6. The third kappa shape index (κ3) is 5.73. The highest BCUT2D eigenvalue weighted by Crippen LogP contribution is 2.28. The standard InChI is InChI=1S/C15H21Cl2N3O/c1-10(13-5-4-12(16)8-14(13)17)20-15(18)19-6-7-21-9-11-2-3-11/h4-5,8,10-11H,2-3,6-7,9H2,1H3,(H3,18,19,20). The lowest BCUT2D eigenvalue weighted by atomic mass is 10.1. The van der Waals surface area contributed by atoms with Crippen LogP contribution in [0.5, 0.6) is 0 Å². The molecule has 0 amide bonds. The van der Waals surface area contributed by atoms with Crippen molar-refractivity contribution in [3.63, 3.8) is 0 Å². The Bertz CT molecular complexity index is 504. The average molecular weight is 330 g/mol. The topological polar surface area (TPSA) is 59.6 Å². The summed E-state index contributed by atoms with van der Waals surface area (Å²) in [6.07, 6.45) is 2.60. The molecule has 0 aromatic heterocycles. The number of hydrogen-bond acceptors (Lipinski definition) is 2. The molecule has 1 fully saturated rings. The van der Waals surface area contributed by atoms with E-state index in [0.29, 0.717) is 29.2 Å². The van der Waals surface area contributed by atoms with Crippen LogP contribution < -0.4 is 11.1 Å². The molecule has 0 saturated heterocycles. The van der Waals surface area contributed by atoms with E-state index in [-0.39, 0.29) is 6.04 Å². The molecule has 0 spiro atoms. The van der Waals surface area contributed by atoms with Crippen LogP contribution in [0.25, 0.3) is 0 Å². The number of ether oxygens (including phenoxy) is 1. The highest BCUT2D eigenvalue weighted by atomic mass is 35.5. The van der Waals surface area contributed by atoms with Gasteiger partial charge in [0.05, 0.1) is 19.2 Å². The van der Waals surface area contributed by atoms with E-state index in [9.17, 15) is 0 Å². The summed E-state index contributed by atoms with van der Waals surface area (Å²) < 4.78 is 5.50. The summed E-state index contributed by atoms with van der Waals surface area (Å²) in [5.41, 5.74) is 6.79. The van der Waals surface area contributed by atoms with Gasteiger partial charge in [-0.15, -0.1) is 0 Å². The van der Waals surface area contributed by atoms with Crippen molar-refractivity contribution >= 4 is 29.2 Å². The summed E-state index contributed by atoms with van der Waals surface area (Å²) in [7, 11) is 0. The molecule has 0 radical (unpaired) electrons. The summed E-state index contributed by atoms with van der Waals surface area (Å²) in [4.78, 5) is 4.24. The van der Waals surface area contributed by atoms with Crippen LogP contribution in [0.1, 0.15) is 31.4 Å². The van der Waals surface area contributed by atoms with E-state index >= 15 is 0 Å². The van der Waals surface area contributed by atoms with Crippen molar-refractivity contribution in [2.45, 2.75) is 25.8 Å². The predicted octanol–water partition coefficient (Wildman–Crippen LogP) is 3.39. The summed E-state index contributed by atoms with van der Waals surface area (Å²) in [6.45, 7) is 3.99. The van der Waals surface area contributed by atoms with E-state index in [0.717, 1.165) is 18.1 Å². The third-order valence-corrected chi connectivity index (χ3v) is 3.92. The van der Waals surface area contributed by atoms with Crippen LogP contribution in [0.2, 0.25) is 10.0 Å².